The lowest BCUT2D eigenvalue weighted by molar-refractivity contribution is 0.0955. The molecular weight excluding hydrogens is 290 g/mol. The van der Waals surface area contributed by atoms with Crippen molar-refractivity contribution in [2.75, 3.05) is 18.0 Å². The minimum Gasteiger partial charge on any atom is -0.507 e. The van der Waals surface area contributed by atoms with Gasteiger partial charge in [0.1, 0.15) is 5.75 Å². The summed E-state index contributed by atoms with van der Waals surface area (Å²) in [4.78, 5) is 14.0. The Morgan fingerprint density at radius 1 is 1.17 bits per heavy atom. The lowest BCUT2D eigenvalue weighted by atomic mass is 10.2. The molecule has 120 valence electrons. The second kappa shape index (κ2) is 7.98. The first kappa shape index (κ1) is 16.5. The molecule has 0 saturated heterocycles. The van der Waals surface area contributed by atoms with Crippen LogP contribution in [0.25, 0.3) is 0 Å². The maximum atomic E-state index is 11.8. The number of carbonyl (C=O) groups excluding carboxylic acids is 1. The highest BCUT2D eigenvalue weighted by atomic mass is 16.3. The fraction of sp³-hybridized carbons (Fsp3) is 0.222. The van der Waals surface area contributed by atoms with E-state index in [1.54, 1.807) is 36.4 Å². The average molecular weight is 311 g/mol. The fourth-order valence-corrected chi connectivity index (χ4v) is 2.24. The van der Waals surface area contributed by atoms with E-state index in [0.717, 1.165) is 18.8 Å². The molecule has 0 unspecified atom stereocenters. The van der Waals surface area contributed by atoms with Gasteiger partial charge in [-0.25, -0.2) is 5.43 Å². The second-order valence-corrected chi connectivity index (χ2v) is 4.98. The molecule has 0 heterocycles. The van der Waals surface area contributed by atoms with Crippen LogP contribution in [0.15, 0.2) is 53.6 Å². The quantitative estimate of drug-likeness (QED) is 0.636. The summed E-state index contributed by atoms with van der Waals surface area (Å²) in [7, 11) is 0. The van der Waals surface area contributed by atoms with Gasteiger partial charge in [-0.2, -0.15) is 5.10 Å². The third-order valence-electron chi connectivity index (χ3n) is 3.55. The van der Waals surface area contributed by atoms with Crippen LogP contribution in [0, 0.1) is 0 Å². The molecule has 0 bridgehead atoms. The fourth-order valence-electron chi connectivity index (χ4n) is 2.24. The molecule has 2 aromatic rings. The van der Waals surface area contributed by atoms with E-state index in [9.17, 15) is 9.90 Å². The Morgan fingerprint density at radius 3 is 2.48 bits per heavy atom. The minimum absolute atomic E-state index is 0.132. The van der Waals surface area contributed by atoms with Crippen molar-refractivity contribution >= 4 is 17.8 Å². The van der Waals surface area contributed by atoms with Crippen molar-refractivity contribution in [1.82, 2.24) is 5.43 Å². The molecule has 1 amide bonds. The molecule has 0 aliphatic carbocycles. The Morgan fingerprint density at radius 2 is 1.87 bits per heavy atom. The minimum atomic E-state index is -0.291. The Labute approximate surface area is 136 Å². The molecule has 0 radical (unpaired) electrons. The third kappa shape index (κ3) is 4.32. The van der Waals surface area contributed by atoms with E-state index in [1.807, 2.05) is 12.1 Å². The number of anilines is 1. The maximum absolute atomic E-state index is 11.8. The zero-order valence-electron chi connectivity index (χ0n) is 13.4. The number of benzene rings is 2. The van der Waals surface area contributed by atoms with E-state index in [0.29, 0.717) is 11.1 Å². The molecule has 2 rings (SSSR count). The third-order valence-corrected chi connectivity index (χ3v) is 3.55. The molecule has 2 aromatic carbocycles. The number of phenols is 1. The van der Waals surface area contributed by atoms with Gasteiger partial charge >= 0.3 is 0 Å². The summed E-state index contributed by atoms with van der Waals surface area (Å²) in [5.74, 6) is -0.159. The molecule has 0 aliphatic heterocycles. The summed E-state index contributed by atoms with van der Waals surface area (Å²) in [6, 6.07) is 14.2. The number of hydrogen-bond acceptors (Lipinski definition) is 4. The number of aromatic hydroxyl groups is 1. The second-order valence-electron chi connectivity index (χ2n) is 4.98. The molecular formula is C18H21N3O2. The van der Waals surface area contributed by atoms with Gasteiger partial charge in [0.05, 0.1) is 6.21 Å². The normalized spacial score (nSPS) is 10.7. The van der Waals surface area contributed by atoms with Crippen LogP contribution in [0.2, 0.25) is 0 Å². The molecule has 0 spiro atoms. The zero-order valence-corrected chi connectivity index (χ0v) is 13.4. The van der Waals surface area contributed by atoms with Crippen LogP contribution in [0.4, 0.5) is 5.69 Å². The summed E-state index contributed by atoms with van der Waals surface area (Å²) >= 11 is 0. The van der Waals surface area contributed by atoms with Gasteiger partial charge in [-0.1, -0.05) is 18.2 Å². The Balaban J connectivity index is 2.04. The van der Waals surface area contributed by atoms with Gasteiger partial charge in [0.25, 0.3) is 5.91 Å². The first-order valence-corrected chi connectivity index (χ1v) is 7.62. The van der Waals surface area contributed by atoms with Crippen molar-refractivity contribution in [3.05, 3.63) is 59.7 Å². The van der Waals surface area contributed by atoms with Crippen molar-refractivity contribution in [3.8, 4) is 5.75 Å². The predicted molar refractivity (Wildman–Crippen MR) is 93.2 cm³/mol. The van der Waals surface area contributed by atoms with Crippen molar-refractivity contribution < 1.29 is 9.90 Å². The molecule has 5 nitrogen and oxygen atoms in total. The number of hydrazone groups is 1. The van der Waals surface area contributed by atoms with Crippen molar-refractivity contribution in [1.29, 1.82) is 0 Å². The van der Waals surface area contributed by atoms with E-state index in [4.69, 9.17) is 0 Å². The Bertz CT molecular complexity index is 680. The highest BCUT2D eigenvalue weighted by molar-refractivity contribution is 5.95. The zero-order chi connectivity index (χ0) is 16.7. The van der Waals surface area contributed by atoms with E-state index in [1.165, 1.54) is 6.21 Å². The number of nitrogens with zero attached hydrogens (tertiary/aromatic N) is 2. The number of rotatable bonds is 6. The summed E-state index contributed by atoms with van der Waals surface area (Å²) in [6.07, 6.45) is 1.43. The van der Waals surface area contributed by atoms with Crippen LogP contribution >= 0.6 is 0 Å². The van der Waals surface area contributed by atoms with Gasteiger partial charge in [0.15, 0.2) is 0 Å². The topological polar surface area (TPSA) is 64.9 Å². The molecule has 0 fully saturated rings. The highest BCUT2D eigenvalue weighted by Gasteiger charge is 2.06. The van der Waals surface area contributed by atoms with E-state index in [-0.39, 0.29) is 11.7 Å². The molecule has 0 aromatic heterocycles. The number of nitrogens with one attached hydrogen (secondary N) is 1. The first-order chi connectivity index (χ1) is 11.2. The van der Waals surface area contributed by atoms with E-state index >= 15 is 0 Å². The predicted octanol–water partition coefficient (Wildman–Crippen LogP) is 3.00. The average Bonchev–Trinajstić information content (AvgIpc) is 2.58. The van der Waals surface area contributed by atoms with Gasteiger partial charge in [-0.05, 0) is 38.1 Å². The van der Waals surface area contributed by atoms with Crippen molar-refractivity contribution in [2.24, 2.45) is 5.10 Å². The molecule has 23 heavy (non-hydrogen) atoms. The summed E-state index contributed by atoms with van der Waals surface area (Å²) in [5.41, 5.74) is 4.48. The SMILES string of the molecule is CCN(CC)c1ccc(/C=N\NC(=O)c2ccccc2)c(O)c1. The lowest BCUT2D eigenvalue weighted by Crippen LogP contribution is -2.21. The van der Waals surface area contributed by atoms with Crippen LogP contribution in [0.3, 0.4) is 0 Å². The van der Waals surface area contributed by atoms with Crippen molar-refractivity contribution in [3.63, 3.8) is 0 Å². The molecule has 2 N–H and O–H groups in total. The maximum Gasteiger partial charge on any atom is 0.271 e. The molecule has 0 aliphatic rings. The first-order valence-electron chi connectivity index (χ1n) is 7.62. The Hall–Kier alpha value is -2.82. The smallest absolute Gasteiger partial charge is 0.271 e. The van der Waals surface area contributed by atoms with E-state index < -0.39 is 0 Å². The van der Waals surface area contributed by atoms with Crippen LogP contribution < -0.4 is 10.3 Å². The lowest BCUT2D eigenvalue weighted by Gasteiger charge is -2.21. The van der Waals surface area contributed by atoms with Crippen molar-refractivity contribution in [2.45, 2.75) is 13.8 Å². The number of phenolic OH excluding ortho intramolecular Hbond substituents is 1. The number of carbonyl (C=O) groups is 1. The van der Waals surface area contributed by atoms with Gasteiger partial charge in [-0.3, -0.25) is 4.79 Å². The van der Waals surface area contributed by atoms with Gasteiger partial charge in [0.2, 0.25) is 0 Å². The van der Waals surface area contributed by atoms with Crippen LogP contribution in [0.5, 0.6) is 5.75 Å². The monoisotopic (exact) mass is 311 g/mol. The standard InChI is InChI=1S/C18H21N3O2/c1-3-21(4-2)16-11-10-15(17(22)12-16)13-19-20-18(23)14-8-6-5-7-9-14/h5-13,22H,3-4H2,1-2H3,(H,20,23)/b19-13-. The van der Waals surface area contributed by atoms with Crippen LogP contribution in [-0.2, 0) is 0 Å². The summed E-state index contributed by atoms with van der Waals surface area (Å²) in [6.45, 7) is 5.87. The van der Waals surface area contributed by atoms with Crippen LogP contribution in [0.1, 0.15) is 29.8 Å². The van der Waals surface area contributed by atoms with E-state index in [2.05, 4.69) is 29.3 Å². The summed E-state index contributed by atoms with van der Waals surface area (Å²) in [5, 5.41) is 14.0. The van der Waals surface area contributed by atoms with Crippen LogP contribution in [-0.4, -0.2) is 30.3 Å². The number of amides is 1. The summed E-state index contributed by atoms with van der Waals surface area (Å²) < 4.78 is 0. The molecule has 0 saturated carbocycles. The highest BCUT2D eigenvalue weighted by Crippen LogP contribution is 2.23. The molecule has 5 heteroatoms. The largest absolute Gasteiger partial charge is 0.507 e. The number of hydrogen-bond donors (Lipinski definition) is 2. The van der Waals surface area contributed by atoms with Gasteiger partial charge in [0, 0.05) is 36.0 Å². The molecule has 0 atom stereocenters. The van der Waals surface area contributed by atoms with Gasteiger partial charge in [-0.15, -0.1) is 0 Å². The van der Waals surface area contributed by atoms with Gasteiger partial charge < -0.3 is 10.0 Å². The Kier molecular flexibility index (Phi) is 5.74.